The van der Waals surface area contributed by atoms with E-state index < -0.39 is 0 Å². The highest BCUT2D eigenvalue weighted by molar-refractivity contribution is 7.17. The number of carbonyl (C=O) groups is 1. The van der Waals surface area contributed by atoms with Gasteiger partial charge in [-0.3, -0.25) is 9.78 Å². The van der Waals surface area contributed by atoms with E-state index in [0.717, 1.165) is 11.1 Å². The fourth-order valence-electron chi connectivity index (χ4n) is 2.73. The van der Waals surface area contributed by atoms with E-state index in [1.54, 1.807) is 49.8 Å². The van der Waals surface area contributed by atoms with E-state index in [2.05, 4.69) is 20.3 Å². The van der Waals surface area contributed by atoms with Crippen molar-refractivity contribution in [1.82, 2.24) is 15.0 Å². The minimum atomic E-state index is -0.328. The molecule has 3 heterocycles. The second-order valence-corrected chi connectivity index (χ2v) is 7.39. The van der Waals surface area contributed by atoms with E-state index in [4.69, 9.17) is 4.74 Å². The number of hydrogen-bond donors (Lipinski definition) is 1. The number of ether oxygens (including phenoxy) is 1. The van der Waals surface area contributed by atoms with Gasteiger partial charge in [0.05, 0.1) is 5.69 Å². The summed E-state index contributed by atoms with van der Waals surface area (Å²) in [4.78, 5) is 26.0. The van der Waals surface area contributed by atoms with E-state index in [1.807, 2.05) is 12.1 Å². The summed E-state index contributed by atoms with van der Waals surface area (Å²) >= 11 is 1.24. The summed E-state index contributed by atoms with van der Waals surface area (Å²) in [5.74, 6) is 0.140. The molecule has 0 radical (unpaired) electrons. The van der Waals surface area contributed by atoms with Gasteiger partial charge in [-0.25, -0.2) is 14.4 Å². The lowest BCUT2D eigenvalue weighted by molar-refractivity contribution is 0.102. The molecule has 3 aromatic heterocycles. The van der Waals surface area contributed by atoms with Crippen LogP contribution in [0.25, 0.3) is 10.6 Å². The molecule has 0 unspecified atom stereocenters. The SMILES string of the molecule is Cc1nc(-c2ccc(F)cc2)sc1C(=O)Nc1ncccc1OCc1ccncc1. The average molecular weight is 420 g/mol. The molecule has 0 saturated heterocycles. The zero-order valence-corrected chi connectivity index (χ0v) is 16.8. The molecule has 30 heavy (non-hydrogen) atoms. The molecular formula is C22H17FN4O2S. The third kappa shape index (κ3) is 4.49. The van der Waals surface area contributed by atoms with Gasteiger partial charge in [0.25, 0.3) is 5.91 Å². The number of anilines is 1. The minimum Gasteiger partial charge on any atom is -0.485 e. The number of aromatic nitrogens is 3. The second-order valence-electron chi connectivity index (χ2n) is 6.39. The maximum absolute atomic E-state index is 13.2. The zero-order chi connectivity index (χ0) is 20.9. The molecule has 0 spiro atoms. The number of nitrogens with one attached hydrogen (secondary N) is 1. The molecule has 1 amide bonds. The van der Waals surface area contributed by atoms with Gasteiger partial charge < -0.3 is 10.1 Å². The summed E-state index contributed by atoms with van der Waals surface area (Å²) in [6.45, 7) is 2.09. The Morgan fingerprint density at radius 2 is 1.87 bits per heavy atom. The largest absolute Gasteiger partial charge is 0.485 e. The van der Waals surface area contributed by atoms with Crippen molar-refractivity contribution in [2.75, 3.05) is 5.32 Å². The fraction of sp³-hybridized carbons (Fsp3) is 0.0909. The van der Waals surface area contributed by atoms with Crippen molar-refractivity contribution in [2.24, 2.45) is 0 Å². The number of nitrogens with zero attached hydrogens (tertiary/aromatic N) is 3. The van der Waals surface area contributed by atoms with Gasteiger partial charge in [0.15, 0.2) is 11.6 Å². The Kier molecular flexibility index (Phi) is 5.76. The van der Waals surface area contributed by atoms with Crippen LogP contribution in [0.4, 0.5) is 10.2 Å². The maximum atomic E-state index is 13.2. The fourth-order valence-corrected chi connectivity index (χ4v) is 3.70. The third-order valence-electron chi connectivity index (χ3n) is 4.24. The van der Waals surface area contributed by atoms with Crippen molar-refractivity contribution >= 4 is 23.1 Å². The van der Waals surface area contributed by atoms with Gasteiger partial charge in [0.2, 0.25) is 0 Å². The Labute approximate surface area is 176 Å². The van der Waals surface area contributed by atoms with E-state index in [9.17, 15) is 9.18 Å². The lowest BCUT2D eigenvalue weighted by Gasteiger charge is -2.11. The van der Waals surface area contributed by atoms with Crippen LogP contribution in [-0.4, -0.2) is 20.9 Å². The van der Waals surface area contributed by atoms with Gasteiger partial charge in [-0.15, -0.1) is 11.3 Å². The lowest BCUT2D eigenvalue weighted by atomic mass is 10.2. The molecule has 0 aliphatic heterocycles. The molecule has 0 atom stereocenters. The highest BCUT2D eigenvalue weighted by atomic mass is 32.1. The molecule has 150 valence electrons. The van der Waals surface area contributed by atoms with Gasteiger partial charge in [-0.1, -0.05) is 0 Å². The molecule has 4 rings (SSSR count). The Bertz CT molecular complexity index is 1160. The van der Waals surface area contributed by atoms with Crippen LogP contribution < -0.4 is 10.1 Å². The van der Waals surface area contributed by atoms with Crippen molar-refractivity contribution < 1.29 is 13.9 Å². The summed E-state index contributed by atoms with van der Waals surface area (Å²) in [5, 5.41) is 3.45. The monoisotopic (exact) mass is 420 g/mol. The molecule has 0 saturated carbocycles. The third-order valence-corrected chi connectivity index (χ3v) is 5.45. The predicted octanol–water partition coefficient (Wildman–Crippen LogP) is 4.88. The first kappa shape index (κ1) is 19.7. The van der Waals surface area contributed by atoms with Gasteiger partial charge in [0, 0.05) is 24.2 Å². The summed E-state index contributed by atoms with van der Waals surface area (Å²) in [6, 6.07) is 13.2. The van der Waals surface area contributed by atoms with Crippen molar-refractivity contribution in [1.29, 1.82) is 0 Å². The standard InChI is InChI=1S/C22H17FN4O2S/c1-14-19(30-22(26-14)16-4-6-17(23)7-5-16)21(28)27-20-18(3-2-10-25-20)29-13-15-8-11-24-12-9-15/h2-12H,13H2,1H3,(H,25,27,28). The molecular weight excluding hydrogens is 403 g/mol. The molecule has 6 nitrogen and oxygen atoms in total. The van der Waals surface area contributed by atoms with Crippen LogP contribution >= 0.6 is 11.3 Å². The normalized spacial score (nSPS) is 10.6. The number of hydrogen-bond acceptors (Lipinski definition) is 6. The van der Waals surface area contributed by atoms with Crippen LogP contribution in [-0.2, 0) is 6.61 Å². The van der Waals surface area contributed by atoms with E-state index >= 15 is 0 Å². The van der Waals surface area contributed by atoms with E-state index in [0.29, 0.717) is 33.8 Å². The molecule has 0 aliphatic carbocycles. The van der Waals surface area contributed by atoms with Gasteiger partial charge in [-0.05, 0) is 61.0 Å². The molecule has 0 bridgehead atoms. The van der Waals surface area contributed by atoms with Crippen LogP contribution in [0.3, 0.4) is 0 Å². The molecule has 0 fully saturated rings. The topological polar surface area (TPSA) is 77.0 Å². The predicted molar refractivity (Wildman–Crippen MR) is 113 cm³/mol. The van der Waals surface area contributed by atoms with Gasteiger partial charge in [-0.2, -0.15) is 0 Å². The number of pyridine rings is 2. The quantitative estimate of drug-likeness (QED) is 0.481. The Morgan fingerprint density at radius 1 is 1.10 bits per heavy atom. The van der Waals surface area contributed by atoms with Gasteiger partial charge in [0.1, 0.15) is 22.3 Å². The zero-order valence-electron chi connectivity index (χ0n) is 16.0. The van der Waals surface area contributed by atoms with Gasteiger partial charge >= 0.3 is 0 Å². The highest BCUT2D eigenvalue weighted by Gasteiger charge is 2.18. The van der Waals surface area contributed by atoms with Crippen LogP contribution in [0, 0.1) is 12.7 Å². The lowest BCUT2D eigenvalue weighted by Crippen LogP contribution is -2.13. The molecule has 1 N–H and O–H groups in total. The smallest absolute Gasteiger partial charge is 0.268 e. The van der Waals surface area contributed by atoms with Crippen molar-refractivity contribution in [3.8, 4) is 16.3 Å². The maximum Gasteiger partial charge on any atom is 0.268 e. The number of amides is 1. The molecule has 4 aromatic rings. The highest BCUT2D eigenvalue weighted by Crippen LogP contribution is 2.30. The minimum absolute atomic E-state index is 0.320. The molecule has 8 heteroatoms. The van der Waals surface area contributed by atoms with E-state index in [1.165, 1.54) is 23.5 Å². The number of rotatable bonds is 6. The van der Waals surface area contributed by atoms with Crippen LogP contribution in [0.1, 0.15) is 20.9 Å². The molecule has 0 aliphatic rings. The van der Waals surface area contributed by atoms with E-state index in [-0.39, 0.29) is 11.7 Å². The number of thiazole rings is 1. The summed E-state index contributed by atoms with van der Waals surface area (Å²) < 4.78 is 19.0. The van der Waals surface area contributed by atoms with Crippen LogP contribution in [0.15, 0.2) is 67.1 Å². The summed E-state index contributed by atoms with van der Waals surface area (Å²) in [7, 11) is 0. The van der Waals surface area contributed by atoms with Crippen molar-refractivity contribution in [3.05, 3.63) is 89.1 Å². The second kappa shape index (κ2) is 8.79. The van der Waals surface area contributed by atoms with Crippen LogP contribution in [0.2, 0.25) is 0 Å². The first-order chi connectivity index (χ1) is 14.6. The van der Waals surface area contributed by atoms with Crippen molar-refractivity contribution in [3.63, 3.8) is 0 Å². The average Bonchev–Trinajstić information content (AvgIpc) is 3.16. The van der Waals surface area contributed by atoms with Crippen molar-refractivity contribution in [2.45, 2.75) is 13.5 Å². The number of aryl methyl sites for hydroxylation is 1. The first-order valence-electron chi connectivity index (χ1n) is 9.11. The number of carbonyl (C=O) groups excluding carboxylic acids is 1. The number of halogens is 1. The summed E-state index contributed by atoms with van der Waals surface area (Å²) in [5.41, 5.74) is 2.29. The first-order valence-corrected chi connectivity index (χ1v) is 9.93. The Hall–Kier alpha value is -3.65. The Morgan fingerprint density at radius 3 is 2.63 bits per heavy atom. The van der Waals surface area contributed by atoms with Crippen LogP contribution in [0.5, 0.6) is 5.75 Å². The Balaban J connectivity index is 1.51. The molecule has 1 aromatic carbocycles. The summed E-state index contributed by atoms with van der Waals surface area (Å²) in [6.07, 6.45) is 4.96. The number of benzene rings is 1.